The maximum absolute atomic E-state index is 14.6. The highest BCUT2D eigenvalue weighted by molar-refractivity contribution is 7.99. The summed E-state index contributed by atoms with van der Waals surface area (Å²) >= 11 is 0.863. The molecule has 0 saturated carbocycles. The fraction of sp³-hybridized carbons (Fsp3) is 0.0526. The maximum Gasteiger partial charge on any atom is 0.200 e. The quantitative estimate of drug-likeness (QED) is 0.153. The van der Waals surface area contributed by atoms with Gasteiger partial charge in [-0.1, -0.05) is 18.2 Å². The zero-order valence-corrected chi connectivity index (χ0v) is 16.7. The van der Waals surface area contributed by atoms with Gasteiger partial charge in [0, 0.05) is 12.8 Å². The summed E-state index contributed by atoms with van der Waals surface area (Å²) in [5.41, 5.74) is 0. The lowest BCUT2D eigenvalue weighted by Crippen LogP contribution is -2.33. The molecule has 3 aromatic rings. The molecule has 0 unspecified atom stereocenters. The van der Waals surface area contributed by atoms with Crippen molar-refractivity contribution in [2.75, 3.05) is 6.26 Å². The van der Waals surface area contributed by atoms with Crippen LogP contribution in [0.25, 0.3) is 0 Å². The first kappa shape index (κ1) is 23.4. The highest BCUT2D eigenvalue weighted by Crippen LogP contribution is 2.42. The molecule has 0 aliphatic rings. The molecule has 0 spiro atoms. The summed E-state index contributed by atoms with van der Waals surface area (Å²) in [6.45, 7) is 0. The van der Waals surface area contributed by atoms with E-state index in [0.29, 0.717) is 0 Å². The van der Waals surface area contributed by atoms with E-state index in [1.54, 1.807) is 0 Å². The number of hydrogen-bond donors (Lipinski definition) is 0. The molecule has 0 saturated heterocycles. The van der Waals surface area contributed by atoms with Crippen molar-refractivity contribution < 1.29 is 43.9 Å². The molecule has 0 aliphatic carbocycles. The summed E-state index contributed by atoms with van der Waals surface area (Å²) in [6, 6.07) is 4.92. The van der Waals surface area contributed by atoms with E-state index in [4.69, 9.17) is 0 Å². The van der Waals surface area contributed by atoms with Crippen LogP contribution in [0.4, 0.5) is 43.9 Å². The van der Waals surface area contributed by atoms with E-state index >= 15 is 0 Å². The van der Waals surface area contributed by atoms with Crippen LogP contribution < -0.4 is 15.9 Å². The topological polar surface area (TPSA) is 0 Å². The van der Waals surface area contributed by atoms with Crippen molar-refractivity contribution in [1.29, 1.82) is 0 Å². The summed E-state index contributed by atoms with van der Waals surface area (Å²) < 4.78 is 141. The molecule has 0 atom stereocenters. The average Bonchev–Trinajstić information content (AvgIpc) is 2.77. The number of halogens is 10. The van der Waals surface area contributed by atoms with E-state index in [0.717, 1.165) is 17.8 Å². The number of benzene rings is 3. The van der Waals surface area contributed by atoms with Crippen molar-refractivity contribution in [3.05, 3.63) is 82.4 Å². The van der Waals surface area contributed by atoms with Crippen LogP contribution in [0.3, 0.4) is 0 Å². The third-order valence-corrected chi connectivity index (χ3v) is 7.65. The van der Waals surface area contributed by atoms with E-state index in [1.165, 1.54) is 24.5 Å². The van der Waals surface area contributed by atoms with Gasteiger partial charge in [-0.05, 0) is 17.6 Å². The first-order valence-electron chi connectivity index (χ1n) is 8.00. The minimum Gasteiger partial charge on any atom is -0.203 e. The summed E-state index contributed by atoms with van der Waals surface area (Å²) in [7, 11) is -3.46. The van der Waals surface area contributed by atoms with Gasteiger partial charge in [0.1, 0.15) is 0 Å². The van der Waals surface area contributed by atoms with Crippen LogP contribution in [0.15, 0.2) is 29.2 Å². The van der Waals surface area contributed by atoms with Gasteiger partial charge in [0.05, 0.1) is 10.6 Å². The second kappa shape index (κ2) is 8.70. The van der Waals surface area contributed by atoms with Crippen LogP contribution in [-0.2, 0) is 0 Å². The van der Waals surface area contributed by atoms with Gasteiger partial charge in [0.2, 0.25) is 11.6 Å². The highest BCUT2D eigenvalue weighted by Gasteiger charge is 2.38. The number of hydrogen-bond acceptors (Lipinski definition) is 1. The summed E-state index contributed by atoms with van der Waals surface area (Å²) in [4.78, 5) is 0.0569. The van der Waals surface area contributed by atoms with Gasteiger partial charge in [0.25, 0.3) is 0 Å². The zero-order valence-electron chi connectivity index (χ0n) is 14.9. The Hall–Kier alpha value is -2.26. The predicted octanol–water partition coefficient (Wildman–Crippen LogP) is 5.56. The van der Waals surface area contributed by atoms with Crippen LogP contribution in [-0.4, -0.2) is 6.26 Å². The third kappa shape index (κ3) is 3.67. The molecule has 0 aromatic heterocycles. The van der Waals surface area contributed by atoms with Crippen molar-refractivity contribution >= 4 is 35.6 Å². The molecule has 0 N–H and O–H groups in total. The Bertz CT molecular complexity index is 1070. The van der Waals surface area contributed by atoms with Gasteiger partial charge in [0.15, 0.2) is 46.5 Å². The molecule has 31 heavy (non-hydrogen) atoms. The molecule has 0 aliphatic heterocycles. The van der Waals surface area contributed by atoms with Gasteiger partial charge in [-0.25, -0.2) is 43.9 Å². The fourth-order valence-corrected chi connectivity index (χ4v) is 6.20. The van der Waals surface area contributed by atoms with Crippen molar-refractivity contribution in [2.45, 2.75) is 4.90 Å². The minimum absolute atomic E-state index is 0.0569. The highest BCUT2D eigenvalue weighted by atomic mass is 32.2. The first-order chi connectivity index (χ1) is 14.5. The Balaban J connectivity index is 2.56. The summed E-state index contributed by atoms with van der Waals surface area (Å²) in [6.07, 6.45) is 1.42. The first-order valence-corrected chi connectivity index (χ1v) is 10.6. The average molecular weight is 488 g/mol. The van der Waals surface area contributed by atoms with Crippen LogP contribution in [0, 0.1) is 58.2 Å². The Morgan fingerprint density at radius 1 is 0.516 bits per heavy atom. The Labute approximate surface area is 173 Å². The van der Waals surface area contributed by atoms with E-state index in [9.17, 15) is 43.9 Å². The van der Waals surface area contributed by atoms with Gasteiger partial charge in [-0.2, -0.15) is 0 Å². The van der Waals surface area contributed by atoms with Crippen LogP contribution in [0.1, 0.15) is 0 Å². The second-order valence-electron chi connectivity index (χ2n) is 5.84. The largest absolute Gasteiger partial charge is 0.203 e. The van der Waals surface area contributed by atoms with Gasteiger partial charge >= 0.3 is 0 Å². The maximum atomic E-state index is 14.6. The Kier molecular flexibility index (Phi) is 6.57. The van der Waals surface area contributed by atoms with Crippen molar-refractivity contribution in [3.63, 3.8) is 0 Å². The van der Waals surface area contributed by atoms with Gasteiger partial charge in [-0.15, -0.1) is 11.8 Å². The molecule has 0 radical (unpaired) electrons. The van der Waals surface area contributed by atoms with Crippen LogP contribution in [0.5, 0.6) is 0 Å². The molecule has 3 aromatic carbocycles. The Morgan fingerprint density at radius 3 is 1.19 bits per heavy atom. The molecule has 0 heterocycles. The standard InChI is InChI=1S/C19H7F10PS/c1-31-7-5-3-2-4-6(7)30(18-14(26)10(22)8(20)11(23)15(18)27)19-16(28)12(24)9(21)13(25)17(19)29/h2-5H,1H3. The van der Waals surface area contributed by atoms with Gasteiger partial charge in [-0.3, -0.25) is 0 Å². The third-order valence-electron chi connectivity index (χ3n) is 4.15. The minimum atomic E-state index is -3.46. The molecule has 164 valence electrons. The van der Waals surface area contributed by atoms with Crippen LogP contribution in [0.2, 0.25) is 0 Å². The van der Waals surface area contributed by atoms with E-state index in [1.807, 2.05) is 0 Å². The van der Waals surface area contributed by atoms with Crippen molar-refractivity contribution in [2.24, 2.45) is 0 Å². The monoisotopic (exact) mass is 488 g/mol. The normalized spacial score (nSPS) is 11.5. The van der Waals surface area contributed by atoms with Crippen molar-refractivity contribution in [1.82, 2.24) is 0 Å². The second-order valence-corrected chi connectivity index (χ2v) is 8.74. The van der Waals surface area contributed by atoms with E-state index in [2.05, 4.69) is 0 Å². The lowest BCUT2D eigenvalue weighted by atomic mass is 10.3. The Morgan fingerprint density at radius 2 is 0.839 bits per heavy atom. The van der Waals surface area contributed by atoms with Crippen molar-refractivity contribution in [3.8, 4) is 0 Å². The summed E-state index contributed by atoms with van der Waals surface area (Å²) in [5, 5.41) is -3.77. The molecule has 0 amide bonds. The molecule has 0 bridgehead atoms. The number of thioether (sulfide) groups is 1. The van der Waals surface area contributed by atoms with E-state index < -0.39 is 76.7 Å². The molecule has 3 rings (SSSR count). The molecule has 12 heteroatoms. The fourth-order valence-electron chi connectivity index (χ4n) is 2.75. The molecular weight excluding hydrogens is 481 g/mol. The molecule has 0 fully saturated rings. The number of rotatable bonds is 4. The lowest BCUT2D eigenvalue weighted by molar-refractivity contribution is 0.383. The predicted molar refractivity (Wildman–Crippen MR) is 96.5 cm³/mol. The van der Waals surface area contributed by atoms with E-state index in [-0.39, 0.29) is 10.2 Å². The van der Waals surface area contributed by atoms with Crippen LogP contribution >= 0.6 is 19.7 Å². The van der Waals surface area contributed by atoms with Gasteiger partial charge < -0.3 is 0 Å². The molecular formula is C19H7F10PS. The lowest BCUT2D eigenvalue weighted by Gasteiger charge is -2.24. The SMILES string of the molecule is CSc1ccccc1P(c1c(F)c(F)c(F)c(F)c1F)c1c(F)c(F)c(F)c(F)c1F. The molecule has 0 nitrogen and oxygen atoms in total. The summed E-state index contributed by atoms with van der Waals surface area (Å²) in [5.74, 6) is -24.5. The smallest absolute Gasteiger partial charge is 0.200 e. The zero-order chi connectivity index (χ0) is 23.2.